The Morgan fingerprint density at radius 2 is 1.96 bits per heavy atom. The van der Waals surface area contributed by atoms with Crippen molar-refractivity contribution in [2.75, 3.05) is 10.6 Å². The lowest BCUT2D eigenvalue weighted by Gasteiger charge is -2.20. The number of benzene rings is 2. The van der Waals surface area contributed by atoms with Gasteiger partial charge in [0.25, 0.3) is 10.0 Å². The average molecular weight is 371 g/mol. The molecule has 0 aliphatic carbocycles. The summed E-state index contributed by atoms with van der Waals surface area (Å²) in [6, 6.07) is 14.2. The van der Waals surface area contributed by atoms with Crippen LogP contribution in [0.4, 0.5) is 11.4 Å². The highest BCUT2D eigenvalue weighted by Crippen LogP contribution is 2.28. The predicted molar refractivity (Wildman–Crippen MR) is 103 cm³/mol. The van der Waals surface area contributed by atoms with Crippen molar-refractivity contribution in [1.29, 1.82) is 0 Å². The molecule has 1 heterocycles. The molecule has 0 spiro atoms. The fraction of sp³-hybridized carbons (Fsp3) is 0.263. The molecule has 136 valence electrons. The topological polar surface area (TPSA) is 87.6 Å². The molecule has 0 saturated carbocycles. The first-order valence-corrected chi connectivity index (χ1v) is 9.84. The van der Waals surface area contributed by atoms with E-state index in [1.54, 1.807) is 18.2 Å². The van der Waals surface area contributed by atoms with Gasteiger partial charge in [0.1, 0.15) is 10.7 Å². The van der Waals surface area contributed by atoms with Gasteiger partial charge in [0, 0.05) is 18.5 Å². The Kier molecular flexibility index (Phi) is 5.08. The SMILES string of the molecule is Cc1cccc(NC(=O)C[C@H](C)CC2=NS(=O)(=O)c3ccccc3N2)c1. The molecule has 1 aliphatic heterocycles. The molecule has 1 aliphatic rings. The van der Waals surface area contributed by atoms with Gasteiger partial charge in [0.15, 0.2) is 0 Å². The third kappa shape index (κ3) is 4.29. The van der Waals surface area contributed by atoms with Crippen LogP contribution in [-0.4, -0.2) is 20.2 Å². The molecule has 2 N–H and O–H groups in total. The average Bonchev–Trinajstić information content (AvgIpc) is 2.53. The lowest BCUT2D eigenvalue weighted by atomic mass is 10.0. The van der Waals surface area contributed by atoms with Crippen molar-refractivity contribution in [3.63, 3.8) is 0 Å². The van der Waals surface area contributed by atoms with Crippen molar-refractivity contribution in [3.8, 4) is 0 Å². The normalized spacial score (nSPS) is 16.0. The summed E-state index contributed by atoms with van der Waals surface area (Å²) in [6.45, 7) is 3.86. The highest BCUT2D eigenvalue weighted by molar-refractivity contribution is 7.90. The van der Waals surface area contributed by atoms with Gasteiger partial charge in [-0.15, -0.1) is 4.40 Å². The van der Waals surface area contributed by atoms with Crippen molar-refractivity contribution >= 4 is 33.1 Å². The molecule has 26 heavy (non-hydrogen) atoms. The first-order valence-electron chi connectivity index (χ1n) is 8.40. The molecule has 0 saturated heterocycles. The number of hydrogen-bond acceptors (Lipinski definition) is 4. The number of rotatable bonds is 5. The van der Waals surface area contributed by atoms with Gasteiger partial charge in [0.2, 0.25) is 5.91 Å². The van der Waals surface area contributed by atoms with Gasteiger partial charge in [-0.2, -0.15) is 8.42 Å². The molecule has 0 fully saturated rings. The summed E-state index contributed by atoms with van der Waals surface area (Å²) >= 11 is 0. The molecule has 1 atom stereocenters. The van der Waals surface area contributed by atoms with E-state index in [1.807, 2.05) is 38.1 Å². The van der Waals surface area contributed by atoms with Crippen LogP contribution in [0.5, 0.6) is 0 Å². The number of fused-ring (bicyclic) bond motifs is 1. The summed E-state index contributed by atoms with van der Waals surface area (Å²) in [6.07, 6.45) is 0.644. The van der Waals surface area contributed by atoms with Crippen LogP contribution < -0.4 is 10.6 Å². The van der Waals surface area contributed by atoms with E-state index >= 15 is 0 Å². The highest BCUT2D eigenvalue weighted by Gasteiger charge is 2.25. The number of carbonyl (C=O) groups is 1. The monoisotopic (exact) mass is 371 g/mol. The Bertz CT molecular complexity index is 967. The van der Waals surface area contributed by atoms with Crippen LogP contribution in [0.15, 0.2) is 57.8 Å². The first-order chi connectivity index (χ1) is 12.3. The molecule has 0 aromatic heterocycles. The second-order valence-electron chi connectivity index (χ2n) is 6.57. The van der Waals surface area contributed by atoms with Crippen LogP contribution in [0, 0.1) is 12.8 Å². The largest absolute Gasteiger partial charge is 0.342 e. The Morgan fingerprint density at radius 3 is 2.73 bits per heavy atom. The van der Waals surface area contributed by atoms with Gasteiger partial charge >= 0.3 is 0 Å². The number of nitrogens with one attached hydrogen (secondary N) is 2. The van der Waals surface area contributed by atoms with Crippen LogP contribution >= 0.6 is 0 Å². The minimum atomic E-state index is -3.69. The minimum Gasteiger partial charge on any atom is -0.342 e. The molecule has 0 radical (unpaired) electrons. The van der Waals surface area contributed by atoms with Crippen LogP contribution in [0.3, 0.4) is 0 Å². The van der Waals surface area contributed by atoms with E-state index in [0.29, 0.717) is 17.9 Å². The van der Waals surface area contributed by atoms with Gasteiger partial charge in [-0.05, 0) is 42.7 Å². The van der Waals surface area contributed by atoms with E-state index < -0.39 is 10.0 Å². The smallest absolute Gasteiger partial charge is 0.286 e. The summed E-state index contributed by atoms with van der Waals surface area (Å²) in [4.78, 5) is 12.4. The van der Waals surface area contributed by atoms with Gasteiger partial charge in [-0.1, -0.05) is 31.2 Å². The van der Waals surface area contributed by atoms with Gasteiger partial charge in [-0.3, -0.25) is 4.79 Å². The Morgan fingerprint density at radius 1 is 1.19 bits per heavy atom. The number of carbonyl (C=O) groups excluding carboxylic acids is 1. The number of para-hydroxylation sites is 1. The number of amides is 1. The summed E-state index contributed by atoms with van der Waals surface area (Å²) in [5, 5.41) is 5.92. The van der Waals surface area contributed by atoms with Crippen molar-refractivity contribution in [2.45, 2.75) is 31.6 Å². The molecule has 0 unspecified atom stereocenters. The maximum absolute atomic E-state index is 12.3. The lowest BCUT2D eigenvalue weighted by molar-refractivity contribution is -0.116. The molecule has 0 bridgehead atoms. The summed E-state index contributed by atoms with van der Waals surface area (Å²) < 4.78 is 28.4. The molecule has 2 aromatic carbocycles. The third-order valence-corrected chi connectivity index (χ3v) is 5.42. The number of anilines is 2. The molecule has 1 amide bonds. The second-order valence-corrected chi connectivity index (χ2v) is 8.14. The van der Waals surface area contributed by atoms with Crippen molar-refractivity contribution in [3.05, 3.63) is 54.1 Å². The molecular formula is C19H21N3O3S. The van der Waals surface area contributed by atoms with E-state index in [4.69, 9.17) is 0 Å². The van der Waals surface area contributed by atoms with Crippen molar-refractivity contribution < 1.29 is 13.2 Å². The van der Waals surface area contributed by atoms with Crippen molar-refractivity contribution in [2.24, 2.45) is 10.3 Å². The maximum Gasteiger partial charge on any atom is 0.286 e. The van der Waals surface area contributed by atoms with Gasteiger partial charge < -0.3 is 10.6 Å². The molecule has 2 aromatic rings. The fourth-order valence-electron chi connectivity index (χ4n) is 2.91. The number of hydrogen-bond donors (Lipinski definition) is 2. The summed E-state index contributed by atoms with van der Waals surface area (Å²) in [5.74, 6) is 0.189. The van der Waals surface area contributed by atoms with Crippen LogP contribution in [0.2, 0.25) is 0 Å². The van der Waals surface area contributed by atoms with E-state index in [-0.39, 0.29) is 23.1 Å². The van der Waals surface area contributed by atoms with Crippen molar-refractivity contribution in [1.82, 2.24) is 0 Å². The fourth-order valence-corrected chi connectivity index (χ4v) is 4.07. The molecular weight excluding hydrogens is 350 g/mol. The summed E-state index contributed by atoms with van der Waals surface area (Å²) in [7, 11) is -3.69. The van der Waals surface area contributed by atoms with Gasteiger partial charge in [-0.25, -0.2) is 0 Å². The zero-order valence-corrected chi connectivity index (χ0v) is 15.5. The maximum atomic E-state index is 12.3. The minimum absolute atomic E-state index is 0.0634. The Labute approximate surface area is 153 Å². The summed E-state index contributed by atoms with van der Waals surface area (Å²) in [5.41, 5.74) is 2.35. The molecule has 6 nitrogen and oxygen atoms in total. The highest BCUT2D eigenvalue weighted by atomic mass is 32.2. The van der Waals surface area contributed by atoms with Gasteiger partial charge in [0.05, 0.1) is 5.69 Å². The Hall–Kier alpha value is -2.67. The van der Waals surface area contributed by atoms with Crippen LogP contribution in [0.1, 0.15) is 25.3 Å². The second kappa shape index (κ2) is 7.29. The zero-order chi connectivity index (χ0) is 18.7. The zero-order valence-electron chi connectivity index (χ0n) is 14.7. The standard InChI is InChI=1S/C19H21N3O3S/c1-13-6-5-7-15(10-13)20-19(23)12-14(2)11-18-21-16-8-3-4-9-17(16)26(24,25)22-18/h3-10,14H,11-12H2,1-2H3,(H,20,23)(H,21,22)/t14-/m1/s1. The molecule has 3 rings (SSSR count). The molecule has 7 heteroatoms. The van der Waals surface area contributed by atoms with Crippen LogP contribution in [0.25, 0.3) is 0 Å². The first kappa shape index (κ1) is 18.1. The Balaban J connectivity index is 1.63. The van der Waals surface area contributed by atoms with Crippen LogP contribution in [-0.2, 0) is 14.8 Å². The number of amidine groups is 1. The number of sulfonamides is 1. The van der Waals surface area contributed by atoms with E-state index in [2.05, 4.69) is 15.0 Å². The number of nitrogens with zero attached hydrogens (tertiary/aromatic N) is 1. The third-order valence-electron chi connectivity index (χ3n) is 4.05. The lowest BCUT2D eigenvalue weighted by Crippen LogP contribution is -2.25. The quantitative estimate of drug-likeness (QED) is 0.841. The van der Waals surface area contributed by atoms with E-state index in [1.165, 1.54) is 6.07 Å². The van der Waals surface area contributed by atoms with E-state index in [9.17, 15) is 13.2 Å². The predicted octanol–water partition coefficient (Wildman–Crippen LogP) is 3.56. The number of aryl methyl sites for hydroxylation is 1. The van der Waals surface area contributed by atoms with E-state index in [0.717, 1.165) is 11.3 Å².